The number of benzene rings is 1. The second-order valence-corrected chi connectivity index (χ2v) is 7.41. The zero-order valence-electron chi connectivity index (χ0n) is 14.4. The summed E-state index contributed by atoms with van der Waals surface area (Å²) in [5.74, 6) is -1.49. The number of hydrogen-bond acceptors (Lipinski definition) is 5. The van der Waals surface area contributed by atoms with Crippen LogP contribution in [-0.4, -0.2) is 16.9 Å². The van der Waals surface area contributed by atoms with Gasteiger partial charge < -0.3 is 10.1 Å². The Morgan fingerprint density at radius 3 is 2.62 bits per heavy atom. The van der Waals surface area contributed by atoms with E-state index in [2.05, 4.69) is 30.8 Å². The maximum atomic E-state index is 14.1. The highest BCUT2D eigenvalue weighted by Crippen LogP contribution is 2.41. The van der Waals surface area contributed by atoms with E-state index < -0.39 is 22.5 Å². The van der Waals surface area contributed by atoms with Crippen LogP contribution < -0.4 is 10.1 Å². The van der Waals surface area contributed by atoms with Gasteiger partial charge in [-0.2, -0.15) is 0 Å². The molecule has 1 aromatic carbocycles. The summed E-state index contributed by atoms with van der Waals surface area (Å²) >= 11 is 0. The van der Waals surface area contributed by atoms with Gasteiger partial charge in [0, 0.05) is 19.0 Å². The molecule has 1 N–H and O–H groups in total. The minimum Gasteiger partial charge on any atom is -0.423 e. The molecular formula is C17H23FN2O4. The van der Waals surface area contributed by atoms with E-state index in [-0.39, 0.29) is 22.8 Å². The summed E-state index contributed by atoms with van der Waals surface area (Å²) in [6.07, 6.45) is 2.81. The van der Waals surface area contributed by atoms with E-state index >= 15 is 0 Å². The maximum Gasteiger partial charge on any atom is 0.308 e. The summed E-state index contributed by atoms with van der Waals surface area (Å²) in [6.45, 7) is 7.59. The van der Waals surface area contributed by atoms with Crippen LogP contribution in [0.1, 0.15) is 47.0 Å². The number of rotatable bonds is 4. The van der Waals surface area contributed by atoms with E-state index in [1.54, 1.807) is 0 Å². The minimum atomic E-state index is -0.804. The van der Waals surface area contributed by atoms with Crippen LogP contribution >= 0.6 is 0 Å². The SMILES string of the molecule is CC(=O)Oc1cc([N+](=O)[O-])c(N[C@H]2C[C@@H](C)CC(C)(C)C2)cc1F. The molecule has 0 saturated heterocycles. The molecule has 7 heteroatoms. The Labute approximate surface area is 140 Å². The van der Waals surface area contributed by atoms with Gasteiger partial charge in [-0.15, -0.1) is 0 Å². The summed E-state index contributed by atoms with van der Waals surface area (Å²) in [7, 11) is 0. The largest absolute Gasteiger partial charge is 0.423 e. The average Bonchev–Trinajstić information content (AvgIpc) is 2.38. The highest BCUT2D eigenvalue weighted by molar-refractivity contribution is 5.72. The summed E-state index contributed by atoms with van der Waals surface area (Å²) in [5.41, 5.74) is -0.0626. The Kier molecular flexibility index (Phi) is 5.11. The van der Waals surface area contributed by atoms with Crippen LogP contribution in [0.4, 0.5) is 15.8 Å². The van der Waals surface area contributed by atoms with Crippen molar-refractivity contribution in [1.82, 2.24) is 0 Å². The summed E-state index contributed by atoms with van der Waals surface area (Å²) in [6, 6.07) is 2.01. The van der Waals surface area contributed by atoms with E-state index in [1.807, 2.05) is 0 Å². The first-order valence-corrected chi connectivity index (χ1v) is 8.00. The molecule has 24 heavy (non-hydrogen) atoms. The van der Waals surface area contributed by atoms with Crippen molar-refractivity contribution in [3.8, 4) is 5.75 Å². The number of carbonyl (C=O) groups excluding carboxylic acids is 1. The standard InChI is InChI=1S/C17H23FN2O4/c1-10-5-12(9-17(3,4)8-10)19-14-6-13(18)16(24-11(2)21)7-15(14)20(22)23/h6-7,10,12,19H,5,8-9H2,1-4H3/t10-,12+/m1/s1. The number of nitrogens with zero attached hydrogens (tertiary/aromatic N) is 1. The third-order valence-corrected chi connectivity index (χ3v) is 4.25. The number of anilines is 1. The lowest BCUT2D eigenvalue weighted by Gasteiger charge is -2.39. The van der Waals surface area contributed by atoms with Gasteiger partial charge in [0.15, 0.2) is 11.6 Å². The molecule has 1 aliphatic rings. The lowest BCUT2D eigenvalue weighted by molar-refractivity contribution is -0.384. The van der Waals surface area contributed by atoms with Crippen molar-refractivity contribution in [2.24, 2.45) is 11.3 Å². The van der Waals surface area contributed by atoms with Crippen molar-refractivity contribution in [2.75, 3.05) is 5.32 Å². The molecule has 1 saturated carbocycles. The number of ether oxygens (including phenoxy) is 1. The lowest BCUT2D eigenvalue weighted by Crippen LogP contribution is -2.35. The number of esters is 1. The summed E-state index contributed by atoms with van der Waals surface area (Å²) in [5, 5.41) is 14.4. The van der Waals surface area contributed by atoms with Crippen molar-refractivity contribution in [2.45, 2.75) is 53.0 Å². The summed E-state index contributed by atoms with van der Waals surface area (Å²) < 4.78 is 18.8. The van der Waals surface area contributed by atoms with Crippen LogP contribution in [0.5, 0.6) is 5.75 Å². The Bertz CT molecular complexity index is 660. The first-order chi connectivity index (χ1) is 11.1. The molecule has 0 bridgehead atoms. The Morgan fingerprint density at radius 2 is 2.08 bits per heavy atom. The first kappa shape index (κ1) is 18.2. The second-order valence-electron chi connectivity index (χ2n) is 7.41. The zero-order chi connectivity index (χ0) is 18.1. The predicted octanol–water partition coefficient (Wildman–Crippen LogP) is 4.29. The van der Waals surface area contributed by atoms with Crippen molar-refractivity contribution in [3.05, 3.63) is 28.1 Å². The number of nitro groups is 1. The van der Waals surface area contributed by atoms with Crippen molar-refractivity contribution >= 4 is 17.3 Å². The number of nitro benzene ring substituents is 1. The molecule has 0 spiro atoms. The lowest BCUT2D eigenvalue weighted by atomic mass is 9.70. The Morgan fingerprint density at radius 1 is 1.42 bits per heavy atom. The molecule has 0 unspecified atom stereocenters. The van der Waals surface area contributed by atoms with Crippen molar-refractivity contribution in [1.29, 1.82) is 0 Å². The Balaban J connectivity index is 2.30. The monoisotopic (exact) mass is 338 g/mol. The first-order valence-electron chi connectivity index (χ1n) is 8.00. The number of hydrogen-bond donors (Lipinski definition) is 1. The van der Waals surface area contributed by atoms with Crippen LogP contribution in [0.3, 0.4) is 0 Å². The van der Waals surface area contributed by atoms with Gasteiger partial charge in [-0.3, -0.25) is 14.9 Å². The van der Waals surface area contributed by atoms with E-state index in [1.165, 1.54) is 0 Å². The topological polar surface area (TPSA) is 81.5 Å². The average molecular weight is 338 g/mol. The minimum absolute atomic E-state index is 0.0291. The van der Waals surface area contributed by atoms with Gasteiger partial charge in [-0.1, -0.05) is 20.8 Å². The fourth-order valence-corrected chi connectivity index (χ4v) is 3.72. The molecule has 0 aliphatic heterocycles. The molecule has 0 radical (unpaired) electrons. The summed E-state index contributed by atoms with van der Waals surface area (Å²) in [4.78, 5) is 21.7. The zero-order valence-corrected chi connectivity index (χ0v) is 14.4. The molecule has 0 amide bonds. The van der Waals surface area contributed by atoms with Gasteiger partial charge in [-0.05, 0) is 30.6 Å². The van der Waals surface area contributed by atoms with Gasteiger partial charge in [0.05, 0.1) is 11.0 Å². The van der Waals surface area contributed by atoms with Gasteiger partial charge in [0.2, 0.25) is 0 Å². The third-order valence-electron chi connectivity index (χ3n) is 4.25. The van der Waals surface area contributed by atoms with Crippen LogP contribution in [0, 0.1) is 27.3 Å². The van der Waals surface area contributed by atoms with E-state index in [0.717, 1.165) is 38.3 Å². The molecule has 0 aromatic heterocycles. The number of halogens is 1. The molecule has 132 valence electrons. The highest BCUT2D eigenvalue weighted by atomic mass is 19.1. The highest BCUT2D eigenvalue weighted by Gasteiger charge is 2.33. The van der Waals surface area contributed by atoms with Crippen LogP contribution in [0.25, 0.3) is 0 Å². The molecule has 1 fully saturated rings. The van der Waals surface area contributed by atoms with Gasteiger partial charge >= 0.3 is 5.97 Å². The third kappa shape index (κ3) is 4.43. The molecular weight excluding hydrogens is 315 g/mol. The molecule has 1 aliphatic carbocycles. The van der Waals surface area contributed by atoms with Crippen molar-refractivity contribution < 1.29 is 18.8 Å². The van der Waals surface area contributed by atoms with E-state index in [4.69, 9.17) is 0 Å². The molecule has 0 heterocycles. The fraction of sp³-hybridized carbons (Fsp3) is 0.588. The maximum absolute atomic E-state index is 14.1. The van der Waals surface area contributed by atoms with Crippen LogP contribution in [-0.2, 0) is 4.79 Å². The second kappa shape index (κ2) is 6.75. The predicted molar refractivity (Wildman–Crippen MR) is 88.6 cm³/mol. The normalized spacial score (nSPS) is 22.7. The van der Waals surface area contributed by atoms with Gasteiger partial charge in [0.1, 0.15) is 5.69 Å². The Hall–Kier alpha value is -2.18. The van der Waals surface area contributed by atoms with E-state index in [9.17, 15) is 19.3 Å². The number of nitrogens with one attached hydrogen (secondary N) is 1. The number of carbonyl (C=O) groups is 1. The smallest absolute Gasteiger partial charge is 0.308 e. The molecule has 1 aromatic rings. The molecule has 2 rings (SSSR count). The molecule has 6 nitrogen and oxygen atoms in total. The molecule has 2 atom stereocenters. The van der Waals surface area contributed by atoms with Crippen LogP contribution in [0.2, 0.25) is 0 Å². The quantitative estimate of drug-likeness (QED) is 0.383. The van der Waals surface area contributed by atoms with Gasteiger partial charge in [0.25, 0.3) is 5.69 Å². The van der Waals surface area contributed by atoms with Gasteiger partial charge in [-0.25, -0.2) is 4.39 Å². The van der Waals surface area contributed by atoms with Crippen LogP contribution in [0.15, 0.2) is 12.1 Å². The van der Waals surface area contributed by atoms with E-state index in [0.29, 0.717) is 5.92 Å². The fourth-order valence-electron chi connectivity index (χ4n) is 3.72. The van der Waals surface area contributed by atoms with Crippen molar-refractivity contribution in [3.63, 3.8) is 0 Å².